The first-order chi connectivity index (χ1) is 11.2. The molecule has 0 saturated carbocycles. The lowest BCUT2D eigenvalue weighted by Crippen LogP contribution is -2.07. The van der Waals surface area contributed by atoms with Crippen molar-refractivity contribution in [3.63, 3.8) is 0 Å². The number of alkyl halides is 3. The van der Waals surface area contributed by atoms with Gasteiger partial charge in [-0.25, -0.2) is 0 Å². The molecular formula is C15H7Br2Cl2F3N2. The second kappa shape index (κ2) is 7.99. The first-order valence-electron chi connectivity index (χ1n) is 6.28. The molecule has 0 aromatic heterocycles. The summed E-state index contributed by atoms with van der Waals surface area (Å²) in [5, 5.41) is 7.29. The maximum Gasteiger partial charge on any atom is 0.417 e. The van der Waals surface area contributed by atoms with Gasteiger partial charge < -0.3 is 0 Å². The Balaban J connectivity index is 2.31. The Hall–Kier alpha value is -0.890. The molecule has 24 heavy (non-hydrogen) atoms. The van der Waals surface area contributed by atoms with Gasteiger partial charge in [-0.1, -0.05) is 73.3 Å². The van der Waals surface area contributed by atoms with Crippen LogP contribution in [0.25, 0.3) is 0 Å². The van der Waals surface area contributed by atoms with Crippen molar-refractivity contribution in [2.45, 2.75) is 6.18 Å². The Morgan fingerprint density at radius 1 is 0.833 bits per heavy atom. The molecule has 2 rings (SSSR count). The average Bonchev–Trinajstić information content (AvgIpc) is 2.52. The summed E-state index contributed by atoms with van der Waals surface area (Å²) in [5.74, 6) is 0. The van der Waals surface area contributed by atoms with Gasteiger partial charge in [0.25, 0.3) is 0 Å². The van der Waals surface area contributed by atoms with Crippen LogP contribution < -0.4 is 0 Å². The fourth-order valence-electron chi connectivity index (χ4n) is 1.66. The van der Waals surface area contributed by atoms with Gasteiger partial charge in [0.1, 0.15) is 0 Å². The standard InChI is InChI=1S/C15H7Br2Cl2F3N2/c16-10-4-1-8(2-5-10)13(18)23-24-14(19)9-3-6-12(17)11(7-9)15(20,21)22/h1-7H/b23-13-,24-14-. The van der Waals surface area contributed by atoms with Gasteiger partial charge >= 0.3 is 6.18 Å². The average molecular weight is 503 g/mol. The number of rotatable bonds is 3. The Labute approximate surface area is 162 Å². The van der Waals surface area contributed by atoms with Gasteiger partial charge in [0.2, 0.25) is 0 Å². The maximum absolute atomic E-state index is 12.9. The Morgan fingerprint density at radius 2 is 1.33 bits per heavy atom. The van der Waals surface area contributed by atoms with E-state index < -0.39 is 11.7 Å². The third kappa shape index (κ3) is 5.05. The molecule has 126 valence electrons. The van der Waals surface area contributed by atoms with Crippen molar-refractivity contribution >= 4 is 65.4 Å². The molecule has 0 unspecified atom stereocenters. The third-order valence-electron chi connectivity index (χ3n) is 2.82. The molecule has 2 aromatic rings. The molecule has 0 spiro atoms. The molecule has 0 radical (unpaired) electrons. The molecule has 0 aliphatic carbocycles. The lowest BCUT2D eigenvalue weighted by atomic mass is 10.1. The highest BCUT2D eigenvalue weighted by atomic mass is 79.9. The van der Waals surface area contributed by atoms with Crippen LogP contribution in [0.5, 0.6) is 0 Å². The molecule has 0 N–H and O–H groups in total. The van der Waals surface area contributed by atoms with Crippen LogP contribution in [0.2, 0.25) is 0 Å². The van der Waals surface area contributed by atoms with Gasteiger partial charge in [0.15, 0.2) is 10.3 Å². The fourth-order valence-corrected chi connectivity index (χ4v) is 2.72. The Kier molecular flexibility index (Phi) is 6.47. The molecule has 2 nitrogen and oxygen atoms in total. The van der Waals surface area contributed by atoms with Gasteiger partial charge in [-0.05, 0) is 24.3 Å². The van der Waals surface area contributed by atoms with Crippen LogP contribution in [-0.4, -0.2) is 10.3 Å². The van der Waals surface area contributed by atoms with Crippen molar-refractivity contribution in [2.24, 2.45) is 10.2 Å². The summed E-state index contributed by atoms with van der Waals surface area (Å²) in [4.78, 5) is 0. The topological polar surface area (TPSA) is 24.7 Å². The minimum Gasteiger partial charge on any atom is -0.166 e. The zero-order valence-electron chi connectivity index (χ0n) is 11.6. The highest BCUT2D eigenvalue weighted by molar-refractivity contribution is 9.10. The molecule has 0 atom stereocenters. The molecule has 0 heterocycles. The van der Waals surface area contributed by atoms with Crippen LogP contribution in [0.3, 0.4) is 0 Å². The summed E-state index contributed by atoms with van der Waals surface area (Å²) >= 11 is 18.1. The molecule has 0 saturated heterocycles. The normalized spacial score (nSPS) is 13.3. The molecule has 9 heteroatoms. The van der Waals surface area contributed by atoms with Crippen molar-refractivity contribution in [1.29, 1.82) is 0 Å². The quantitative estimate of drug-likeness (QED) is 0.325. The van der Waals surface area contributed by atoms with E-state index in [0.717, 1.165) is 10.5 Å². The smallest absolute Gasteiger partial charge is 0.166 e. The molecule has 0 aliphatic rings. The maximum atomic E-state index is 12.9. The van der Waals surface area contributed by atoms with Crippen LogP contribution in [0, 0.1) is 0 Å². The van der Waals surface area contributed by atoms with E-state index in [2.05, 4.69) is 42.1 Å². The predicted molar refractivity (Wildman–Crippen MR) is 98.1 cm³/mol. The number of hydrogen-bond donors (Lipinski definition) is 0. The van der Waals surface area contributed by atoms with Crippen molar-refractivity contribution in [2.75, 3.05) is 0 Å². The van der Waals surface area contributed by atoms with Gasteiger partial charge in [-0.15, -0.1) is 10.2 Å². The molecule has 2 aromatic carbocycles. The van der Waals surface area contributed by atoms with E-state index in [4.69, 9.17) is 23.2 Å². The number of nitrogens with zero attached hydrogens (tertiary/aromatic N) is 2. The van der Waals surface area contributed by atoms with Crippen LogP contribution in [0.4, 0.5) is 13.2 Å². The van der Waals surface area contributed by atoms with Crippen LogP contribution >= 0.6 is 55.1 Å². The van der Waals surface area contributed by atoms with Gasteiger partial charge in [-0.2, -0.15) is 13.2 Å². The SMILES string of the molecule is FC(F)(F)c1cc(/C(Cl)=N/N=C(\Cl)c2ccc(Br)cc2)ccc1Br. The molecule has 0 fully saturated rings. The minimum absolute atomic E-state index is 0.0637. The second-order valence-electron chi connectivity index (χ2n) is 4.48. The number of benzene rings is 2. The number of halogens is 7. The molecule has 0 aliphatic heterocycles. The van der Waals surface area contributed by atoms with Crippen molar-refractivity contribution in [1.82, 2.24) is 0 Å². The Bertz CT molecular complexity index is 803. The van der Waals surface area contributed by atoms with Crippen molar-refractivity contribution in [3.05, 3.63) is 68.1 Å². The van der Waals surface area contributed by atoms with E-state index in [9.17, 15) is 13.2 Å². The zero-order chi connectivity index (χ0) is 17.9. The summed E-state index contributed by atoms with van der Waals surface area (Å²) in [6.07, 6.45) is -4.51. The summed E-state index contributed by atoms with van der Waals surface area (Å²) < 4.78 is 39.5. The molecule has 0 amide bonds. The van der Waals surface area contributed by atoms with E-state index in [1.807, 2.05) is 0 Å². The van der Waals surface area contributed by atoms with Crippen LogP contribution in [-0.2, 0) is 6.18 Å². The van der Waals surface area contributed by atoms with E-state index in [1.165, 1.54) is 12.1 Å². The van der Waals surface area contributed by atoms with E-state index >= 15 is 0 Å². The minimum atomic E-state index is -4.51. The second-order valence-corrected chi connectivity index (χ2v) is 6.97. The van der Waals surface area contributed by atoms with E-state index in [-0.39, 0.29) is 20.4 Å². The van der Waals surface area contributed by atoms with E-state index in [1.54, 1.807) is 24.3 Å². The van der Waals surface area contributed by atoms with Gasteiger partial charge in [0, 0.05) is 20.1 Å². The van der Waals surface area contributed by atoms with Crippen molar-refractivity contribution in [3.8, 4) is 0 Å². The van der Waals surface area contributed by atoms with Crippen molar-refractivity contribution < 1.29 is 13.2 Å². The summed E-state index contributed by atoms with van der Waals surface area (Å²) in [5.41, 5.74) is -0.174. The van der Waals surface area contributed by atoms with Crippen LogP contribution in [0.15, 0.2) is 61.6 Å². The van der Waals surface area contributed by atoms with Gasteiger partial charge in [-0.3, -0.25) is 0 Å². The lowest BCUT2D eigenvalue weighted by Gasteiger charge is -2.10. The zero-order valence-corrected chi connectivity index (χ0v) is 16.3. The monoisotopic (exact) mass is 500 g/mol. The molecular weight excluding hydrogens is 496 g/mol. The largest absolute Gasteiger partial charge is 0.417 e. The first-order valence-corrected chi connectivity index (χ1v) is 8.62. The van der Waals surface area contributed by atoms with Gasteiger partial charge in [0.05, 0.1) is 5.56 Å². The predicted octanol–water partition coefficient (Wildman–Crippen LogP) is 6.82. The Morgan fingerprint density at radius 3 is 1.88 bits per heavy atom. The number of hydrogen-bond acceptors (Lipinski definition) is 2. The fraction of sp³-hybridized carbons (Fsp3) is 0.0667. The summed E-state index contributed by atoms with van der Waals surface area (Å²) in [6.45, 7) is 0. The third-order valence-corrected chi connectivity index (χ3v) is 4.63. The lowest BCUT2D eigenvalue weighted by molar-refractivity contribution is -0.138. The highest BCUT2D eigenvalue weighted by Gasteiger charge is 2.33. The highest BCUT2D eigenvalue weighted by Crippen LogP contribution is 2.35. The first kappa shape index (κ1) is 19.4. The summed E-state index contributed by atoms with van der Waals surface area (Å²) in [6, 6.07) is 10.5. The molecule has 0 bridgehead atoms. The summed E-state index contributed by atoms with van der Waals surface area (Å²) in [7, 11) is 0. The van der Waals surface area contributed by atoms with Crippen LogP contribution in [0.1, 0.15) is 16.7 Å². The van der Waals surface area contributed by atoms with E-state index in [0.29, 0.717) is 5.56 Å².